The fourth-order valence-corrected chi connectivity index (χ4v) is 0.618. The first-order chi connectivity index (χ1) is 5.24. The fourth-order valence-electron chi connectivity index (χ4n) is 0.618. The average Bonchev–Trinajstić information content (AvgIpc) is 2.05. The van der Waals surface area contributed by atoms with Crippen molar-refractivity contribution < 1.29 is 9.63 Å². The maximum Gasteiger partial charge on any atom is 0.267 e. The smallest absolute Gasteiger partial charge is 0.267 e. The summed E-state index contributed by atoms with van der Waals surface area (Å²) in [5.74, 6) is 4.36. The Labute approximate surface area is 62.9 Å². The van der Waals surface area contributed by atoms with Crippen molar-refractivity contribution in [3.63, 3.8) is 0 Å². The Morgan fingerprint density at radius 2 is 2.27 bits per heavy atom. The van der Waals surface area contributed by atoms with Gasteiger partial charge >= 0.3 is 0 Å². The number of nitrogens with two attached hydrogens (primary N) is 2. The Bertz CT molecular complexity index is 274. The summed E-state index contributed by atoms with van der Waals surface area (Å²) in [4.78, 5) is 18.5. The molecule has 1 amide bonds. The Hall–Kier alpha value is -1.62. The van der Waals surface area contributed by atoms with Gasteiger partial charge in [-0.15, -0.1) is 0 Å². The molecule has 1 aromatic rings. The van der Waals surface area contributed by atoms with Gasteiger partial charge in [0.1, 0.15) is 5.69 Å². The van der Waals surface area contributed by atoms with Crippen LogP contribution >= 0.6 is 0 Å². The molecule has 1 heterocycles. The van der Waals surface area contributed by atoms with E-state index in [1.807, 2.05) is 0 Å². The van der Waals surface area contributed by atoms with Crippen LogP contribution in [0.5, 0.6) is 5.88 Å². The number of hydrogen-bond acceptors (Lipinski definition) is 4. The molecule has 5 heteroatoms. The topological polar surface area (TPSA) is 91.2 Å². The van der Waals surface area contributed by atoms with E-state index in [-0.39, 0.29) is 11.6 Å². The summed E-state index contributed by atoms with van der Waals surface area (Å²) in [5.41, 5.74) is 5.07. The van der Waals surface area contributed by atoms with Crippen molar-refractivity contribution in [2.75, 3.05) is 0 Å². The highest BCUT2D eigenvalue weighted by Gasteiger charge is 2.01. The molecule has 0 bridgehead atoms. The molecule has 0 aromatic carbocycles. The van der Waals surface area contributed by atoms with E-state index in [0.717, 1.165) is 0 Å². The van der Waals surface area contributed by atoms with Crippen LogP contribution < -0.4 is 16.5 Å². The zero-order valence-corrected chi connectivity index (χ0v) is 5.65. The van der Waals surface area contributed by atoms with Crippen molar-refractivity contribution in [2.24, 2.45) is 11.6 Å². The first-order valence-corrected chi connectivity index (χ1v) is 2.87. The highest BCUT2D eigenvalue weighted by atomic mass is 16.6. The molecule has 0 atom stereocenters. The van der Waals surface area contributed by atoms with Crippen LogP contribution in [0.15, 0.2) is 18.2 Å². The third-order valence-electron chi connectivity index (χ3n) is 1.10. The molecule has 0 aliphatic heterocycles. The molecule has 1 aromatic heterocycles. The zero-order chi connectivity index (χ0) is 8.27. The molecular weight excluding hydrogens is 146 g/mol. The highest BCUT2D eigenvalue weighted by Crippen LogP contribution is 2.04. The number of carbonyl (C=O) groups excluding carboxylic acids is 1. The second-order valence-corrected chi connectivity index (χ2v) is 1.84. The molecule has 58 valence electrons. The van der Waals surface area contributed by atoms with Crippen molar-refractivity contribution in [2.45, 2.75) is 0 Å². The van der Waals surface area contributed by atoms with Crippen LogP contribution in [0.1, 0.15) is 10.5 Å². The summed E-state index contributed by atoms with van der Waals surface area (Å²) >= 11 is 0. The Balaban J connectivity index is 3.01. The molecule has 11 heavy (non-hydrogen) atoms. The van der Waals surface area contributed by atoms with Gasteiger partial charge < -0.3 is 10.6 Å². The van der Waals surface area contributed by atoms with E-state index < -0.39 is 5.91 Å². The van der Waals surface area contributed by atoms with Crippen molar-refractivity contribution in [1.82, 2.24) is 4.98 Å². The minimum absolute atomic E-state index is 0.132. The number of pyridine rings is 1. The van der Waals surface area contributed by atoms with Gasteiger partial charge in [0.15, 0.2) is 0 Å². The summed E-state index contributed by atoms with van der Waals surface area (Å²) in [6.45, 7) is 0. The molecule has 0 aliphatic carbocycles. The van der Waals surface area contributed by atoms with E-state index in [9.17, 15) is 4.79 Å². The number of primary amides is 1. The first kappa shape index (κ1) is 7.49. The summed E-state index contributed by atoms with van der Waals surface area (Å²) < 4.78 is 0. The molecule has 0 aliphatic rings. The van der Waals surface area contributed by atoms with Crippen LogP contribution in [0.4, 0.5) is 0 Å². The molecule has 0 radical (unpaired) electrons. The minimum Gasteiger partial charge on any atom is -0.391 e. The number of amides is 1. The van der Waals surface area contributed by atoms with Crippen molar-refractivity contribution in [3.05, 3.63) is 23.9 Å². The Kier molecular flexibility index (Phi) is 2.03. The summed E-state index contributed by atoms with van der Waals surface area (Å²) in [5, 5.41) is 0. The predicted octanol–water partition coefficient (Wildman–Crippen LogP) is -0.567. The third kappa shape index (κ3) is 1.65. The number of hydrogen-bond donors (Lipinski definition) is 2. The fraction of sp³-hybridized carbons (Fsp3) is 0. The minimum atomic E-state index is -0.607. The lowest BCUT2D eigenvalue weighted by Crippen LogP contribution is -2.14. The molecule has 0 spiro atoms. The van der Waals surface area contributed by atoms with E-state index in [4.69, 9.17) is 11.6 Å². The summed E-state index contributed by atoms with van der Waals surface area (Å²) in [7, 11) is 0. The van der Waals surface area contributed by atoms with Crippen LogP contribution in [0, 0.1) is 0 Å². The van der Waals surface area contributed by atoms with Gasteiger partial charge in [-0.05, 0) is 6.07 Å². The lowest BCUT2D eigenvalue weighted by Gasteiger charge is -1.97. The Morgan fingerprint density at radius 1 is 1.55 bits per heavy atom. The van der Waals surface area contributed by atoms with Gasteiger partial charge in [-0.1, -0.05) is 6.07 Å². The molecule has 5 nitrogen and oxygen atoms in total. The second kappa shape index (κ2) is 2.98. The third-order valence-corrected chi connectivity index (χ3v) is 1.10. The van der Waals surface area contributed by atoms with Gasteiger partial charge in [0.2, 0.25) is 5.88 Å². The summed E-state index contributed by atoms with van der Waals surface area (Å²) in [6.07, 6.45) is 0. The van der Waals surface area contributed by atoms with E-state index in [1.165, 1.54) is 12.1 Å². The van der Waals surface area contributed by atoms with Crippen LogP contribution in [-0.4, -0.2) is 10.9 Å². The van der Waals surface area contributed by atoms with Gasteiger partial charge in [-0.2, -0.15) is 5.90 Å². The van der Waals surface area contributed by atoms with Crippen LogP contribution in [-0.2, 0) is 0 Å². The van der Waals surface area contributed by atoms with E-state index in [1.54, 1.807) is 6.07 Å². The zero-order valence-electron chi connectivity index (χ0n) is 5.65. The van der Waals surface area contributed by atoms with Gasteiger partial charge in [0.25, 0.3) is 5.91 Å². The van der Waals surface area contributed by atoms with Crippen LogP contribution in [0.3, 0.4) is 0 Å². The number of nitrogens with zero attached hydrogens (tertiary/aromatic N) is 1. The molecule has 1 rings (SSSR count). The first-order valence-electron chi connectivity index (χ1n) is 2.87. The Morgan fingerprint density at radius 3 is 2.82 bits per heavy atom. The average molecular weight is 153 g/mol. The van der Waals surface area contributed by atoms with Crippen molar-refractivity contribution in [1.29, 1.82) is 0 Å². The van der Waals surface area contributed by atoms with Gasteiger partial charge in [0, 0.05) is 6.07 Å². The normalized spacial score (nSPS) is 9.18. The van der Waals surface area contributed by atoms with Gasteiger partial charge in [0.05, 0.1) is 0 Å². The van der Waals surface area contributed by atoms with Crippen molar-refractivity contribution in [3.8, 4) is 5.88 Å². The lowest BCUT2D eigenvalue weighted by molar-refractivity contribution is 0.0994. The predicted molar refractivity (Wildman–Crippen MR) is 37.6 cm³/mol. The van der Waals surface area contributed by atoms with E-state index in [0.29, 0.717) is 0 Å². The van der Waals surface area contributed by atoms with Crippen LogP contribution in [0.25, 0.3) is 0 Å². The van der Waals surface area contributed by atoms with Crippen LogP contribution in [0.2, 0.25) is 0 Å². The molecule has 0 saturated heterocycles. The van der Waals surface area contributed by atoms with Gasteiger partial charge in [-0.25, -0.2) is 4.98 Å². The second-order valence-electron chi connectivity index (χ2n) is 1.84. The molecule has 0 unspecified atom stereocenters. The summed E-state index contributed by atoms with van der Waals surface area (Å²) in [6, 6.07) is 4.58. The lowest BCUT2D eigenvalue weighted by atomic mass is 10.3. The monoisotopic (exact) mass is 153 g/mol. The van der Waals surface area contributed by atoms with E-state index in [2.05, 4.69) is 9.82 Å². The standard InChI is InChI=1S/C6H7N3O2/c7-6(10)4-2-1-3-5(9-4)11-8/h1-3H,8H2,(H2,7,10). The number of aromatic nitrogens is 1. The molecule has 0 fully saturated rings. The maximum absolute atomic E-state index is 10.5. The van der Waals surface area contributed by atoms with E-state index >= 15 is 0 Å². The molecule has 0 saturated carbocycles. The van der Waals surface area contributed by atoms with Crippen molar-refractivity contribution >= 4 is 5.91 Å². The number of rotatable bonds is 2. The highest BCUT2D eigenvalue weighted by molar-refractivity contribution is 5.90. The molecule has 4 N–H and O–H groups in total. The number of carbonyl (C=O) groups is 1. The SMILES string of the molecule is NOc1cccc(C(N)=O)n1. The molecular formula is C6H7N3O2. The quantitative estimate of drug-likeness (QED) is 0.557. The maximum atomic E-state index is 10.5. The largest absolute Gasteiger partial charge is 0.391 e. The van der Waals surface area contributed by atoms with Gasteiger partial charge in [-0.3, -0.25) is 4.79 Å².